The van der Waals surface area contributed by atoms with E-state index in [-0.39, 0.29) is 0 Å². The van der Waals surface area contributed by atoms with Crippen molar-refractivity contribution >= 4 is 22.9 Å². The highest BCUT2D eigenvalue weighted by Gasteiger charge is 2.23. The first-order valence-electron chi connectivity index (χ1n) is 5.65. The summed E-state index contributed by atoms with van der Waals surface area (Å²) < 4.78 is 2.41. The maximum atomic E-state index is 2.45. The van der Waals surface area contributed by atoms with Gasteiger partial charge in [-0.15, -0.1) is 0 Å². The molecule has 1 nitrogen and oxygen atoms in total. The van der Waals surface area contributed by atoms with E-state index < -0.39 is 0 Å². The zero-order valence-corrected chi connectivity index (χ0v) is 11.6. The molecule has 1 aliphatic heterocycles. The summed E-state index contributed by atoms with van der Waals surface area (Å²) in [6, 6.07) is 8.91. The van der Waals surface area contributed by atoms with Crippen LogP contribution in [0.3, 0.4) is 0 Å². The van der Waals surface area contributed by atoms with E-state index >= 15 is 0 Å². The van der Waals surface area contributed by atoms with Crippen LogP contribution in [0.25, 0.3) is 0 Å². The third kappa shape index (κ3) is 2.72. The summed E-state index contributed by atoms with van der Waals surface area (Å²) in [4.78, 5) is 0. The van der Waals surface area contributed by atoms with Gasteiger partial charge in [-0.2, -0.15) is 0 Å². The van der Waals surface area contributed by atoms with Crippen LogP contribution in [0.15, 0.2) is 24.3 Å². The van der Waals surface area contributed by atoms with Crippen molar-refractivity contribution in [2.75, 3.05) is 6.54 Å². The van der Waals surface area contributed by atoms with Gasteiger partial charge in [0.05, 0.1) is 0 Å². The van der Waals surface area contributed by atoms with E-state index in [1.807, 2.05) is 0 Å². The first kappa shape index (κ1) is 11.4. The van der Waals surface area contributed by atoms with Crippen LogP contribution in [0.4, 0.5) is 0 Å². The Kier molecular flexibility index (Phi) is 3.67. The summed E-state index contributed by atoms with van der Waals surface area (Å²) in [6.45, 7) is 6.94. The van der Waals surface area contributed by atoms with E-state index in [2.05, 4.69) is 64.1 Å². The summed E-state index contributed by atoms with van der Waals surface area (Å²) in [6.07, 6.45) is 1.30. The van der Waals surface area contributed by atoms with E-state index in [9.17, 15) is 0 Å². The minimum absolute atomic E-state index is 0.729. The molecule has 0 aromatic heterocycles. The van der Waals surface area contributed by atoms with E-state index in [1.165, 1.54) is 18.5 Å². The van der Waals surface area contributed by atoms with Gasteiger partial charge in [0.1, 0.15) is 0 Å². The van der Waals surface area contributed by atoms with E-state index in [1.54, 1.807) is 5.56 Å². The van der Waals surface area contributed by atoms with Crippen molar-refractivity contribution in [2.24, 2.45) is 5.92 Å². The van der Waals surface area contributed by atoms with Crippen molar-refractivity contribution in [3.05, 3.63) is 35.4 Å². The summed E-state index contributed by atoms with van der Waals surface area (Å²) in [7, 11) is 0. The monoisotopic (exact) mass is 315 g/mol. The van der Waals surface area contributed by atoms with Gasteiger partial charge in [-0.25, -0.2) is 3.11 Å². The lowest BCUT2D eigenvalue weighted by Gasteiger charge is -2.31. The summed E-state index contributed by atoms with van der Waals surface area (Å²) in [5.41, 5.74) is 3.10. The Labute approximate surface area is 106 Å². The van der Waals surface area contributed by atoms with Crippen LogP contribution < -0.4 is 0 Å². The van der Waals surface area contributed by atoms with Crippen LogP contribution in [0.1, 0.15) is 37.3 Å². The van der Waals surface area contributed by atoms with E-state index in [0.29, 0.717) is 0 Å². The number of hydrogen-bond acceptors (Lipinski definition) is 1. The van der Waals surface area contributed by atoms with Crippen LogP contribution in [-0.2, 0) is 6.54 Å². The first-order chi connectivity index (χ1) is 7.16. The van der Waals surface area contributed by atoms with Gasteiger partial charge < -0.3 is 0 Å². The molecule has 0 saturated carbocycles. The molecular weight excluding hydrogens is 297 g/mol. The normalized spacial score (nSPS) is 21.7. The summed E-state index contributed by atoms with van der Waals surface area (Å²) >= 11 is 2.45. The number of hydrogen-bond donors (Lipinski definition) is 0. The van der Waals surface area contributed by atoms with Gasteiger partial charge >= 0.3 is 0 Å². The van der Waals surface area contributed by atoms with Crippen molar-refractivity contribution in [1.82, 2.24) is 3.11 Å². The van der Waals surface area contributed by atoms with Gasteiger partial charge in [-0.3, -0.25) is 0 Å². The lowest BCUT2D eigenvalue weighted by atomic mass is 9.85. The van der Waals surface area contributed by atoms with Crippen LogP contribution >= 0.6 is 22.9 Å². The molecule has 0 bridgehead atoms. The van der Waals surface area contributed by atoms with E-state index in [4.69, 9.17) is 0 Å². The molecule has 0 aliphatic carbocycles. The predicted molar refractivity (Wildman–Crippen MR) is 73.1 cm³/mol. The number of rotatable bonds is 2. The third-order valence-electron chi connectivity index (χ3n) is 3.01. The van der Waals surface area contributed by atoms with Crippen molar-refractivity contribution in [3.63, 3.8) is 0 Å². The minimum atomic E-state index is 0.729. The number of fused-ring (bicyclic) bond motifs is 1. The highest BCUT2D eigenvalue weighted by Crippen LogP contribution is 2.33. The molecule has 0 fully saturated rings. The molecule has 2 heteroatoms. The lowest BCUT2D eigenvalue weighted by Crippen LogP contribution is -2.27. The van der Waals surface area contributed by atoms with Gasteiger partial charge in [0.2, 0.25) is 0 Å². The number of halogens is 1. The van der Waals surface area contributed by atoms with Gasteiger partial charge in [-0.05, 0) is 29.4 Å². The Bertz CT molecular complexity index is 335. The molecule has 15 heavy (non-hydrogen) atoms. The standard InChI is InChI=1S/C13H18IN/c1-10(2)7-12-9-15(14)8-11-5-3-4-6-13(11)12/h3-6,10,12H,7-9H2,1-2H3. The zero-order chi connectivity index (χ0) is 10.8. The molecule has 1 atom stereocenters. The third-order valence-corrected chi connectivity index (χ3v) is 3.75. The van der Waals surface area contributed by atoms with Gasteiger partial charge in [0, 0.05) is 36.0 Å². The molecule has 1 unspecified atom stereocenters. The van der Waals surface area contributed by atoms with E-state index in [0.717, 1.165) is 18.4 Å². The molecule has 0 radical (unpaired) electrons. The Morgan fingerprint density at radius 3 is 2.87 bits per heavy atom. The van der Waals surface area contributed by atoms with Gasteiger partial charge in [-0.1, -0.05) is 38.1 Å². The van der Waals surface area contributed by atoms with Gasteiger partial charge in [0.15, 0.2) is 0 Å². The minimum Gasteiger partial charge on any atom is -0.243 e. The first-order valence-corrected chi connectivity index (χ1v) is 6.62. The Morgan fingerprint density at radius 2 is 2.13 bits per heavy atom. The van der Waals surface area contributed by atoms with Crippen LogP contribution in [0.2, 0.25) is 0 Å². The highest BCUT2D eigenvalue weighted by atomic mass is 127. The Hall–Kier alpha value is -0.0900. The SMILES string of the molecule is CC(C)CC1CN(I)Cc2ccccc21. The zero-order valence-electron chi connectivity index (χ0n) is 9.41. The fourth-order valence-electron chi connectivity index (χ4n) is 2.43. The van der Waals surface area contributed by atoms with Crippen molar-refractivity contribution in [2.45, 2.75) is 32.7 Å². The van der Waals surface area contributed by atoms with Gasteiger partial charge in [0.25, 0.3) is 0 Å². The number of benzene rings is 1. The summed E-state index contributed by atoms with van der Waals surface area (Å²) in [5, 5.41) is 0. The second-order valence-corrected chi connectivity index (χ2v) is 6.19. The smallest absolute Gasteiger partial charge is 0.0335 e. The molecule has 1 aliphatic rings. The fraction of sp³-hybridized carbons (Fsp3) is 0.538. The molecule has 0 saturated heterocycles. The fourth-order valence-corrected chi connectivity index (χ4v) is 3.28. The van der Waals surface area contributed by atoms with Crippen LogP contribution in [0, 0.1) is 5.92 Å². The topological polar surface area (TPSA) is 3.24 Å². The highest BCUT2D eigenvalue weighted by molar-refractivity contribution is 14.1. The molecule has 2 rings (SSSR count). The molecular formula is C13H18IN. The largest absolute Gasteiger partial charge is 0.243 e. The Balaban J connectivity index is 2.26. The average molecular weight is 315 g/mol. The van der Waals surface area contributed by atoms with Crippen LogP contribution in [0.5, 0.6) is 0 Å². The lowest BCUT2D eigenvalue weighted by molar-refractivity contribution is 0.377. The molecule has 1 heterocycles. The maximum absolute atomic E-state index is 2.45. The van der Waals surface area contributed by atoms with Crippen molar-refractivity contribution < 1.29 is 0 Å². The average Bonchev–Trinajstić information content (AvgIpc) is 2.16. The van der Waals surface area contributed by atoms with Crippen molar-refractivity contribution in [1.29, 1.82) is 0 Å². The predicted octanol–water partition coefficient (Wildman–Crippen LogP) is 3.98. The second kappa shape index (κ2) is 4.83. The second-order valence-electron chi connectivity index (χ2n) is 4.83. The molecule has 1 aromatic rings. The Morgan fingerprint density at radius 1 is 1.40 bits per heavy atom. The molecule has 0 N–H and O–H groups in total. The molecule has 82 valence electrons. The molecule has 1 aromatic carbocycles. The molecule has 0 amide bonds. The number of nitrogens with zero attached hydrogens (tertiary/aromatic N) is 1. The van der Waals surface area contributed by atoms with Crippen molar-refractivity contribution in [3.8, 4) is 0 Å². The summed E-state index contributed by atoms with van der Waals surface area (Å²) in [5.74, 6) is 1.51. The quantitative estimate of drug-likeness (QED) is 0.589. The molecule has 0 spiro atoms. The maximum Gasteiger partial charge on any atom is 0.0335 e. The van der Waals surface area contributed by atoms with Crippen LogP contribution in [-0.4, -0.2) is 9.66 Å².